The van der Waals surface area contributed by atoms with Crippen molar-refractivity contribution < 1.29 is 23.5 Å². The molecule has 26 heavy (non-hydrogen) atoms. The highest BCUT2D eigenvalue weighted by Crippen LogP contribution is 2.29. The molecular formula is C19H21FN2O4. The summed E-state index contributed by atoms with van der Waals surface area (Å²) in [5.74, 6) is -0.127. The van der Waals surface area contributed by atoms with E-state index in [1.54, 1.807) is 30.3 Å². The Morgan fingerprint density at radius 1 is 1.12 bits per heavy atom. The van der Waals surface area contributed by atoms with E-state index in [1.165, 1.54) is 38.2 Å². The first-order valence-corrected chi connectivity index (χ1v) is 8.00. The normalized spacial score (nSPS) is 10.2. The van der Waals surface area contributed by atoms with Crippen LogP contribution in [0.3, 0.4) is 0 Å². The number of methoxy groups -OCH3 is 2. The minimum atomic E-state index is -0.514. The molecular weight excluding hydrogens is 339 g/mol. The number of nitrogens with zero attached hydrogens (tertiary/aromatic N) is 1. The van der Waals surface area contributed by atoms with Gasteiger partial charge in [-0.1, -0.05) is 12.1 Å². The smallest absolute Gasteiger partial charge is 0.226 e. The van der Waals surface area contributed by atoms with Crippen molar-refractivity contribution in [1.29, 1.82) is 0 Å². The molecule has 6 nitrogen and oxygen atoms in total. The van der Waals surface area contributed by atoms with Crippen LogP contribution in [0, 0.1) is 5.82 Å². The summed E-state index contributed by atoms with van der Waals surface area (Å²) >= 11 is 0. The van der Waals surface area contributed by atoms with Crippen LogP contribution in [0.4, 0.5) is 15.8 Å². The molecule has 1 N–H and O–H groups in total. The van der Waals surface area contributed by atoms with E-state index in [0.717, 1.165) is 0 Å². The first kappa shape index (κ1) is 19.2. The fourth-order valence-electron chi connectivity index (χ4n) is 2.45. The Kier molecular flexibility index (Phi) is 6.54. The van der Waals surface area contributed by atoms with Gasteiger partial charge in [-0.15, -0.1) is 0 Å². The number of anilines is 2. The molecule has 2 amide bonds. The van der Waals surface area contributed by atoms with Crippen LogP contribution in [0.15, 0.2) is 42.5 Å². The number of benzene rings is 2. The summed E-state index contributed by atoms with van der Waals surface area (Å²) in [4.78, 5) is 25.3. The SMILES string of the molecule is COc1ccc(NC(=O)CCN(C(C)=O)c2ccccc2F)c(OC)c1. The predicted octanol–water partition coefficient (Wildman–Crippen LogP) is 3.22. The van der Waals surface area contributed by atoms with Gasteiger partial charge in [0.2, 0.25) is 11.8 Å². The molecule has 0 saturated heterocycles. The second-order valence-corrected chi connectivity index (χ2v) is 5.49. The molecule has 0 aromatic heterocycles. The summed E-state index contributed by atoms with van der Waals surface area (Å²) in [6.07, 6.45) is 0.00307. The Hall–Kier alpha value is -3.09. The molecule has 0 aliphatic carbocycles. The van der Waals surface area contributed by atoms with Crippen LogP contribution >= 0.6 is 0 Å². The van der Waals surface area contributed by atoms with E-state index < -0.39 is 5.82 Å². The van der Waals surface area contributed by atoms with Crippen LogP contribution in [0.25, 0.3) is 0 Å². The summed E-state index contributed by atoms with van der Waals surface area (Å²) in [6.45, 7) is 1.39. The first-order chi connectivity index (χ1) is 12.5. The molecule has 0 aliphatic heterocycles. The molecule has 2 aromatic carbocycles. The van der Waals surface area contributed by atoms with E-state index in [0.29, 0.717) is 17.2 Å². The van der Waals surface area contributed by atoms with E-state index in [9.17, 15) is 14.0 Å². The average molecular weight is 360 g/mol. The number of carbonyl (C=O) groups excluding carboxylic acids is 2. The molecule has 0 aliphatic rings. The maximum Gasteiger partial charge on any atom is 0.226 e. The maximum atomic E-state index is 13.9. The van der Waals surface area contributed by atoms with E-state index in [4.69, 9.17) is 9.47 Å². The topological polar surface area (TPSA) is 67.9 Å². The lowest BCUT2D eigenvalue weighted by Gasteiger charge is -2.21. The van der Waals surface area contributed by atoms with E-state index in [2.05, 4.69) is 5.32 Å². The van der Waals surface area contributed by atoms with Crippen LogP contribution in [-0.4, -0.2) is 32.6 Å². The Bertz CT molecular complexity index is 795. The fraction of sp³-hybridized carbons (Fsp3) is 0.263. The number of halogens is 1. The molecule has 0 saturated carbocycles. The van der Waals surface area contributed by atoms with Crippen molar-refractivity contribution in [3.63, 3.8) is 0 Å². The van der Waals surface area contributed by atoms with Gasteiger partial charge >= 0.3 is 0 Å². The molecule has 0 radical (unpaired) electrons. The van der Waals surface area contributed by atoms with Gasteiger partial charge in [0.25, 0.3) is 0 Å². The van der Waals surface area contributed by atoms with E-state index in [-0.39, 0.29) is 30.5 Å². The van der Waals surface area contributed by atoms with Gasteiger partial charge in [0.05, 0.1) is 25.6 Å². The number of hydrogen-bond donors (Lipinski definition) is 1. The minimum Gasteiger partial charge on any atom is -0.497 e. The lowest BCUT2D eigenvalue weighted by Crippen LogP contribution is -2.32. The van der Waals surface area contributed by atoms with E-state index >= 15 is 0 Å². The third-order valence-corrected chi connectivity index (χ3v) is 3.77. The molecule has 0 spiro atoms. The number of rotatable bonds is 7. The predicted molar refractivity (Wildman–Crippen MR) is 97.2 cm³/mol. The highest BCUT2D eigenvalue weighted by atomic mass is 19.1. The second kappa shape index (κ2) is 8.84. The molecule has 0 bridgehead atoms. The molecule has 138 valence electrons. The Balaban J connectivity index is 2.05. The number of para-hydroxylation sites is 1. The molecule has 7 heteroatoms. The highest BCUT2D eigenvalue weighted by Gasteiger charge is 2.17. The van der Waals surface area contributed by atoms with Gasteiger partial charge in [-0.3, -0.25) is 9.59 Å². The standard InChI is InChI=1S/C19H21FN2O4/c1-13(23)22(17-7-5-4-6-15(17)20)11-10-19(24)21-16-9-8-14(25-2)12-18(16)26-3/h4-9,12H,10-11H2,1-3H3,(H,21,24). The Labute approximate surface area is 151 Å². The monoisotopic (exact) mass is 360 g/mol. The van der Waals surface area contributed by atoms with Gasteiger partial charge in [-0.05, 0) is 24.3 Å². The maximum absolute atomic E-state index is 13.9. The third-order valence-electron chi connectivity index (χ3n) is 3.77. The zero-order valence-corrected chi connectivity index (χ0v) is 14.9. The number of nitrogens with one attached hydrogen (secondary N) is 1. The first-order valence-electron chi connectivity index (χ1n) is 8.00. The number of amides is 2. The molecule has 2 aromatic rings. The zero-order chi connectivity index (χ0) is 19.1. The highest BCUT2D eigenvalue weighted by molar-refractivity contribution is 5.95. The van der Waals surface area contributed by atoms with Crippen LogP contribution in [0.5, 0.6) is 11.5 Å². The number of hydrogen-bond acceptors (Lipinski definition) is 4. The molecule has 0 atom stereocenters. The van der Waals surface area contributed by atoms with Gasteiger partial charge in [0.1, 0.15) is 17.3 Å². The number of ether oxygens (including phenoxy) is 2. The number of carbonyl (C=O) groups is 2. The quantitative estimate of drug-likeness (QED) is 0.823. The van der Waals surface area contributed by atoms with Crippen LogP contribution in [0.2, 0.25) is 0 Å². The van der Waals surface area contributed by atoms with Crippen molar-refractivity contribution in [2.24, 2.45) is 0 Å². The van der Waals surface area contributed by atoms with Gasteiger partial charge in [0.15, 0.2) is 0 Å². The summed E-state index contributed by atoms with van der Waals surface area (Å²) in [7, 11) is 3.02. The van der Waals surface area contributed by atoms with Crippen molar-refractivity contribution in [2.75, 3.05) is 31.0 Å². The van der Waals surface area contributed by atoms with Crippen LogP contribution in [-0.2, 0) is 9.59 Å². The van der Waals surface area contributed by atoms with Crippen molar-refractivity contribution in [3.05, 3.63) is 48.3 Å². The van der Waals surface area contributed by atoms with Gasteiger partial charge < -0.3 is 19.7 Å². The van der Waals surface area contributed by atoms with Crippen LogP contribution < -0.4 is 19.7 Å². The summed E-state index contributed by atoms with van der Waals surface area (Å²) in [6, 6.07) is 11.0. The van der Waals surface area contributed by atoms with Crippen molar-refractivity contribution >= 4 is 23.2 Å². The molecule has 0 heterocycles. The average Bonchev–Trinajstić information content (AvgIpc) is 2.63. The summed E-state index contributed by atoms with van der Waals surface area (Å²) in [5.41, 5.74) is 0.633. The van der Waals surface area contributed by atoms with Crippen molar-refractivity contribution in [1.82, 2.24) is 0 Å². The van der Waals surface area contributed by atoms with E-state index in [1.807, 2.05) is 0 Å². The zero-order valence-electron chi connectivity index (χ0n) is 14.9. The van der Waals surface area contributed by atoms with Crippen molar-refractivity contribution in [3.8, 4) is 11.5 Å². The second-order valence-electron chi connectivity index (χ2n) is 5.49. The fourth-order valence-corrected chi connectivity index (χ4v) is 2.45. The van der Waals surface area contributed by atoms with Crippen LogP contribution in [0.1, 0.15) is 13.3 Å². The molecule has 0 fully saturated rings. The summed E-state index contributed by atoms with van der Waals surface area (Å²) in [5, 5.41) is 2.72. The van der Waals surface area contributed by atoms with Gasteiger partial charge in [-0.25, -0.2) is 4.39 Å². The van der Waals surface area contributed by atoms with Gasteiger partial charge in [0, 0.05) is 26.0 Å². The third kappa shape index (κ3) is 4.72. The van der Waals surface area contributed by atoms with Crippen molar-refractivity contribution in [2.45, 2.75) is 13.3 Å². The minimum absolute atomic E-state index is 0.00307. The molecule has 2 rings (SSSR count). The Morgan fingerprint density at radius 3 is 2.46 bits per heavy atom. The Morgan fingerprint density at radius 2 is 1.85 bits per heavy atom. The molecule has 0 unspecified atom stereocenters. The van der Waals surface area contributed by atoms with Gasteiger partial charge in [-0.2, -0.15) is 0 Å². The largest absolute Gasteiger partial charge is 0.497 e. The lowest BCUT2D eigenvalue weighted by molar-refractivity contribution is -0.117. The lowest BCUT2D eigenvalue weighted by atomic mass is 10.2. The summed E-state index contributed by atoms with van der Waals surface area (Å²) < 4.78 is 24.3.